The Morgan fingerprint density at radius 2 is 2.21 bits per heavy atom. The largest absolute Gasteiger partial charge is 0.459 e. The van der Waals surface area contributed by atoms with Crippen molar-refractivity contribution in [3.63, 3.8) is 0 Å². The standard InChI is InChI=1S/C15H20ClNO2/c1-10-6-11(8-15(2,3)7-10)19-14(18)12-9-17-5-4-13(12)16/h4-5,9-11H,6-8H2,1-3H3. The van der Waals surface area contributed by atoms with E-state index < -0.39 is 0 Å². The van der Waals surface area contributed by atoms with Gasteiger partial charge in [0.15, 0.2) is 0 Å². The van der Waals surface area contributed by atoms with E-state index in [0.29, 0.717) is 16.5 Å². The lowest BCUT2D eigenvalue weighted by atomic mass is 9.71. The van der Waals surface area contributed by atoms with E-state index in [2.05, 4.69) is 25.8 Å². The lowest BCUT2D eigenvalue weighted by Crippen LogP contribution is -2.34. The quantitative estimate of drug-likeness (QED) is 0.766. The molecule has 2 atom stereocenters. The Morgan fingerprint density at radius 3 is 2.84 bits per heavy atom. The topological polar surface area (TPSA) is 39.2 Å². The average Bonchev–Trinajstić information content (AvgIpc) is 2.26. The van der Waals surface area contributed by atoms with Crippen molar-refractivity contribution >= 4 is 17.6 Å². The predicted octanol–water partition coefficient (Wildman–Crippen LogP) is 4.11. The second-order valence-electron chi connectivity index (χ2n) is 6.30. The molecule has 1 heterocycles. The Bertz CT molecular complexity index is 473. The van der Waals surface area contributed by atoms with Gasteiger partial charge in [-0.1, -0.05) is 32.4 Å². The third kappa shape index (κ3) is 3.69. The minimum atomic E-state index is -0.368. The molecule has 4 heteroatoms. The van der Waals surface area contributed by atoms with Crippen molar-refractivity contribution in [3.05, 3.63) is 29.0 Å². The summed E-state index contributed by atoms with van der Waals surface area (Å²) in [7, 11) is 0. The van der Waals surface area contributed by atoms with Crippen LogP contribution in [0, 0.1) is 11.3 Å². The van der Waals surface area contributed by atoms with Gasteiger partial charge < -0.3 is 4.74 Å². The molecule has 1 saturated carbocycles. The van der Waals surface area contributed by atoms with Gasteiger partial charge >= 0.3 is 5.97 Å². The highest BCUT2D eigenvalue weighted by Gasteiger charge is 2.34. The summed E-state index contributed by atoms with van der Waals surface area (Å²) in [6.07, 6.45) is 6.00. The van der Waals surface area contributed by atoms with Gasteiger partial charge in [-0.15, -0.1) is 0 Å². The molecule has 0 amide bonds. The molecule has 1 aliphatic rings. The molecule has 0 spiro atoms. The number of halogens is 1. The average molecular weight is 282 g/mol. The number of carbonyl (C=O) groups excluding carboxylic acids is 1. The van der Waals surface area contributed by atoms with Gasteiger partial charge in [0.05, 0.1) is 10.6 Å². The molecule has 0 saturated heterocycles. The zero-order valence-electron chi connectivity index (χ0n) is 11.6. The van der Waals surface area contributed by atoms with E-state index in [0.717, 1.165) is 12.8 Å². The maximum atomic E-state index is 12.1. The number of aromatic nitrogens is 1. The van der Waals surface area contributed by atoms with E-state index >= 15 is 0 Å². The smallest absolute Gasteiger partial charge is 0.341 e. The number of hydrogen-bond donors (Lipinski definition) is 0. The van der Waals surface area contributed by atoms with E-state index in [1.807, 2.05) is 0 Å². The van der Waals surface area contributed by atoms with Crippen LogP contribution in [0.3, 0.4) is 0 Å². The van der Waals surface area contributed by atoms with E-state index in [-0.39, 0.29) is 17.5 Å². The number of hydrogen-bond acceptors (Lipinski definition) is 3. The summed E-state index contributed by atoms with van der Waals surface area (Å²) in [6.45, 7) is 6.65. The third-order valence-corrected chi connectivity index (χ3v) is 3.94. The van der Waals surface area contributed by atoms with Crippen LogP contribution in [0.5, 0.6) is 0 Å². The van der Waals surface area contributed by atoms with Crippen LogP contribution in [0.4, 0.5) is 0 Å². The fourth-order valence-corrected chi connectivity index (χ4v) is 3.27. The zero-order chi connectivity index (χ0) is 14.0. The fraction of sp³-hybridized carbons (Fsp3) is 0.600. The summed E-state index contributed by atoms with van der Waals surface area (Å²) in [5, 5.41) is 0.392. The summed E-state index contributed by atoms with van der Waals surface area (Å²) < 4.78 is 5.60. The molecular formula is C15H20ClNO2. The van der Waals surface area contributed by atoms with Gasteiger partial charge in [0.25, 0.3) is 0 Å². The molecule has 0 bridgehead atoms. The molecule has 104 valence electrons. The van der Waals surface area contributed by atoms with Crippen LogP contribution in [-0.2, 0) is 4.74 Å². The van der Waals surface area contributed by atoms with Crippen LogP contribution in [-0.4, -0.2) is 17.1 Å². The maximum Gasteiger partial charge on any atom is 0.341 e. The number of pyridine rings is 1. The summed E-state index contributed by atoms with van der Waals surface area (Å²) in [6, 6.07) is 1.60. The van der Waals surface area contributed by atoms with Crippen molar-refractivity contribution in [1.29, 1.82) is 0 Å². The molecule has 0 radical (unpaired) electrons. The Balaban J connectivity index is 2.05. The lowest BCUT2D eigenvalue weighted by molar-refractivity contribution is -0.00716. The molecule has 1 aromatic rings. The Hall–Kier alpha value is -1.09. The van der Waals surface area contributed by atoms with Crippen molar-refractivity contribution in [2.75, 3.05) is 0 Å². The second-order valence-corrected chi connectivity index (χ2v) is 6.70. The number of rotatable bonds is 2. The normalized spacial score (nSPS) is 25.9. The molecule has 1 aliphatic carbocycles. The van der Waals surface area contributed by atoms with Gasteiger partial charge in [-0.3, -0.25) is 4.98 Å². The van der Waals surface area contributed by atoms with E-state index in [1.165, 1.54) is 12.6 Å². The molecule has 3 nitrogen and oxygen atoms in total. The predicted molar refractivity (Wildman–Crippen MR) is 75.2 cm³/mol. The van der Waals surface area contributed by atoms with Crippen LogP contribution >= 0.6 is 11.6 Å². The van der Waals surface area contributed by atoms with E-state index in [1.54, 1.807) is 12.3 Å². The molecule has 2 unspecified atom stereocenters. The van der Waals surface area contributed by atoms with Crippen molar-refractivity contribution in [2.24, 2.45) is 11.3 Å². The molecule has 1 fully saturated rings. The van der Waals surface area contributed by atoms with Gasteiger partial charge in [-0.25, -0.2) is 4.79 Å². The number of ether oxygens (including phenoxy) is 1. The van der Waals surface area contributed by atoms with Crippen LogP contribution in [0.2, 0.25) is 5.02 Å². The second kappa shape index (κ2) is 5.49. The zero-order valence-corrected chi connectivity index (χ0v) is 12.4. The van der Waals surface area contributed by atoms with Crippen LogP contribution < -0.4 is 0 Å². The van der Waals surface area contributed by atoms with Crippen molar-refractivity contribution in [3.8, 4) is 0 Å². The number of carbonyl (C=O) groups is 1. The highest BCUT2D eigenvalue weighted by Crippen LogP contribution is 2.40. The van der Waals surface area contributed by atoms with Gasteiger partial charge in [0.1, 0.15) is 6.10 Å². The Kier molecular flexibility index (Phi) is 4.14. The first-order chi connectivity index (χ1) is 8.87. The van der Waals surface area contributed by atoms with Crippen LogP contribution in [0.25, 0.3) is 0 Å². The first-order valence-corrected chi connectivity index (χ1v) is 7.06. The third-order valence-electron chi connectivity index (χ3n) is 3.61. The van der Waals surface area contributed by atoms with Crippen molar-refractivity contribution in [2.45, 2.75) is 46.1 Å². The van der Waals surface area contributed by atoms with Gasteiger partial charge in [0, 0.05) is 12.4 Å². The molecule has 2 rings (SSSR count). The maximum absolute atomic E-state index is 12.1. The van der Waals surface area contributed by atoms with Crippen LogP contribution in [0.15, 0.2) is 18.5 Å². The molecule has 0 N–H and O–H groups in total. The summed E-state index contributed by atoms with van der Waals surface area (Å²) >= 11 is 5.98. The van der Waals surface area contributed by atoms with Crippen molar-refractivity contribution < 1.29 is 9.53 Å². The SMILES string of the molecule is CC1CC(OC(=O)c2cnccc2Cl)CC(C)(C)C1. The van der Waals surface area contributed by atoms with Gasteiger partial charge in [0.2, 0.25) is 0 Å². The monoisotopic (exact) mass is 281 g/mol. The fourth-order valence-electron chi connectivity index (χ4n) is 3.09. The Morgan fingerprint density at radius 1 is 1.47 bits per heavy atom. The highest BCUT2D eigenvalue weighted by atomic mass is 35.5. The lowest BCUT2D eigenvalue weighted by Gasteiger charge is -2.38. The Labute approximate surface area is 119 Å². The van der Waals surface area contributed by atoms with Gasteiger partial charge in [-0.05, 0) is 36.7 Å². The molecule has 1 aromatic heterocycles. The molecule has 19 heavy (non-hydrogen) atoms. The number of esters is 1. The summed E-state index contributed by atoms with van der Waals surface area (Å²) in [5.41, 5.74) is 0.571. The van der Waals surface area contributed by atoms with E-state index in [4.69, 9.17) is 16.3 Å². The van der Waals surface area contributed by atoms with Crippen molar-refractivity contribution in [1.82, 2.24) is 4.98 Å². The minimum absolute atomic E-state index is 0.0254. The molecular weight excluding hydrogens is 262 g/mol. The highest BCUT2D eigenvalue weighted by molar-refractivity contribution is 6.33. The summed E-state index contributed by atoms with van der Waals surface area (Å²) in [4.78, 5) is 16.0. The molecule has 0 aromatic carbocycles. The molecule has 0 aliphatic heterocycles. The summed E-state index contributed by atoms with van der Waals surface area (Å²) in [5.74, 6) is 0.207. The first kappa shape index (κ1) is 14.3. The van der Waals surface area contributed by atoms with E-state index in [9.17, 15) is 4.79 Å². The van der Waals surface area contributed by atoms with Crippen LogP contribution in [0.1, 0.15) is 50.4 Å². The number of nitrogens with zero attached hydrogens (tertiary/aromatic N) is 1. The van der Waals surface area contributed by atoms with Gasteiger partial charge in [-0.2, -0.15) is 0 Å². The minimum Gasteiger partial charge on any atom is -0.459 e. The first-order valence-electron chi connectivity index (χ1n) is 6.68.